The number of hydrogen-bond donors (Lipinski definition) is 2. The number of aliphatic hydroxyl groups excluding tert-OH is 2. The van der Waals surface area contributed by atoms with Crippen molar-refractivity contribution in [2.24, 2.45) is 22.7 Å². The van der Waals surface area contributed by atoms with Crippen molar-refractivity contribution in [2.75, 3.05) is 0 Å². The van der Waals surface area contributed by atoms with Gasteiger partial charge in [-0.1, -0.05) is 64.0 Å². The Hall–Kier alpha value is -0.860. The normalized spacial score (nSPS) is 40.0. The van der Waals surface area contributed by atoms with Gasteiger partial charge in [0.1, 0.15) is 0 Å². The second-order valence-corrected chi connectivity index (χ2v) is 9.97. The fourth-order valence-electron chi connectivity index (χ4n) is 6.20. The molecule has 0 amide bonds. The Bertz CT molecular complexity index is 596. The minimum absolute atomic E-state index is 0.419. The molecule has 0 saturated heterocycles. The minimum Gasteiger partial charge on any atom is -0.388 e. The SMILES string of the molecule is C=C1[C@H](O)CC(=C/C=C2\CCC[C@]3(C)[C@@H](C(C)(C)CC)CC[C@@H]23)C[C@H]1O. The van der Waals surface area contributed by atoms with Gasteiger partial charge in [-0.2, -0.15) is 0 Å². The molecule has 0 aliphatic heterocycles. The Morgan fingerprint density at radius 3 is 2.42 bits per heavy atom. The lowest BCUT2D eigenvalue weighted by Gasteiger charge is -2.48. The zero-order valence-corrected chi connectivity index (χ0v) is 17.2. The fraction of sp³-hybridized carbons (Fsp3) is 0.750. The lowest BCUT2D eigenvalue weighted by atomic mass is 9.57. The molecule has 26 heavy (non-hydrogen) atoms. The van der Waals surface area contributed by atoms with Gasteiger partial charge < -0.3 is 10.2 Å². The third-order valence-electron chi connectivity index (χ3n) is 8.12. The highest BCUT2D eigenvalue weighted by molar-refractivity contribution is 5.29. The van der Waals surface area contributed by atoms with Crippen LogP contribution < -0.4 is 0 Å². The van der Waals surface area contributed by atoms with E-state index >= 15 is 0 Å². The first-order chi connectivity index (χ1) is 12.2. The molecule has 2 N–H and O–H groups in total. The van der Waals surface area contributed by atoms with E-state index < -0.39 is 12.2 Å². The lowest BCUT2D eigenvalue weighted by Crippen LogP contribution is -2.39. The molecule has 0 aromatic heterocycles. The van der Waals surface area contributed by atoms with Crippen LogP contribution in [0.2, 0.25) is 0 Å². The van der Waals surface area contributed by atoms with Crippen LogP contribution in [-0.2, 0) is 0 Å². The molecule has 3 saturated carbocycles. The molecule has 2 heteroatoms. The van der Waals surface area contributed by atoms with Gasteiger partial charge in [-0.15, -0.1) is 0 Å². The largest absolute Gasteiger partial charge is 0.388 e. The maximum absolute atomic E-state index is 10.1. The summed E-state index contributed by atoms with van der Waals surface area (Å²) in [6.45, 7) is 13.6. The van der Waals surface area contributed by atoms with E-state index in [9.17, 15) is 10.2 Å². The predicted octanol–water partition coefficient (Wildman–Crippen LogP) is 5.56. The molecule has 0 bridgehead atoms. The van der Waals surface area contributed by atoms with Gasteiger partial charge in [-0.3, -0.25) is 0 Å². The van der Waals surface area contributed by atoms with Crippen molar-refractivity contribution in [3.05, 3.63) is 35.5 Å². The summed E-state index contributed by atoms with van der Waals surface area (Å²) in [5.74, 6) is 1.51. The molecular weight excluding hydrogens is 320 g/mol. The average molecular weight is 359 g/mol. The molecule has 3 aliphatic carbocycles. The summed E-state index contributed by atoms with van der Waals surface area (Å²) in [6.07, 6.45) is 12.4. The first-order valence-corrected chi connectivity index (χ1v) is 10.6. The molecule has 3 rings (SSSR count). The highest BCUT2D eigenvalue weighted by Crippen LogP contribution is 2.62. The number of rotatable bonds is 3. The lowest BCUT2D eigenvalue weighted by molar-refractivity contribution is 0.0435. The summed E-state index contributed by atoms with van der Waals surface area (Å²) in [4.78, 5) is 0. The van der Waals surface area contributed by atoms with Crippen LogP contribution in [0, 0.1) is 22.7 Å². The maximum atomic E-state index is 10.1. The van der Waals surface area contributed by atoms with E-state index in [2.05, 4.69) is 46.4 Å². The smallest absolute Gasteiger partial charge is 0.0809 e. The molecule has 5 atom stereocenters. The summed E-state index contributed by atoms with van der Waals surface area (Å²) < 4.78 is 0. The molecule has 3 fully saturated rings. The summed E-state index contributed by atoms with van der Waals surface area (Å²) in [6, 6.07) is 0. The van der Waals surface area contributed by atoms with Crippen molar-refractivity contribution in [3.63, 3.8) is 0 Å². The van der Waals surface area contributed by atoms with E-state index in [0.29, 0.717) is 35.2 Å². The Balaban J connectivity index is 1.81. The van der Waals surface area contributed by atoms with E-state index in [1.165, 1.54) is 38.5 Å². The van der Waals surface area contributed by atoms with Gasteiger partial charge in [-0.25, -0.2) is 0 Å². The van der Waals surface area contributed by atoms with Crippen molar-refractivity contribution in [1.82, 2.24) is 0 Å². The molecular formula is C24H38O2. The van der Waals surface area contributed by atoms with Gasteiger partial charge in [0.2, 0.25) is 0 Å². The Morgan fingerprint density at radius 2 is 1.81 bits per heavy atom. The van der Waals surface area contributed by atoms with Gasteiger partial charge in [0, 0.05) is 0 Å². The van der Waals surface area contributed by atoms with E-state index in [1.54, 1.807) is 5.57 Å². The molecule has 146 valence electrons. The Morgan fingerprint density at radius 1 is 1.15 bits per heavy atom. The van der Waals surface area contributed by atoms with E-state index in [-0.39, 0.29) is 0 Å². The van der Waals surface area contributed by atoms with Crippen molar-refractivity contribution in [1.29, 1.82) is 0 Å². The van der Waals surface area contributed by atoms with Crippen molar-refractivity contribution >= 4 is 0 Å². The van der Waals surface area contributed by atoms with Crippen LogP contribution in [0.3, 0.4) is 0 Å². The first-order valence-electron chi connectivity index (χ1n) is 10.6. The summed E-state index contributed by atoms with van der Waals surface area (Å²) in [5.41, 5.74) is 4.18. The predicted molar refractivity (Wildman–Crippen MR) is 109 cm³/mol. The van der Waals surface area contributed by atoms with Crippen LogP contribution in [0.25, 0.3) is 0 Å². The van der Waals surface area contributed by atoms with Gasteiger partial charge in [0.05, 0.1) is 12.2 Å². The number of hydrogen-bond acceptors (Lipinski definition) is 2. The molecule has 0 unspecified atom stereocenters. The summed E-state index contributed by atoms with van der Waals surface area (Å²) in [5, 5.41) is 20.2. The quantitative estimate of drug-likeness (QED) is 0.648. The highest BCUT2D eigenvalue weighted by Gasteiger charge is 2.53. The van der Waals surface area contributed by atoms with Gasteiger partial charge in [-0.05, 0) is 73.2 Å². The Labute approximate surface area is 160 Å². The van der Waals surface area contributed by atoms with Gasteiger partial charge in [0.25, 0.3) is 0 Å². The molecule has 0 spiro atoms. The molecule has 3 aliphatic rings. The van der Waals surface area contributed by atoms with Crippen LogP contribution in [-0.4, -0.2) is 22.4 Å². The number of fused-ring (bicyclic) bond motifs is 1. The zero-order valence-electron chi connectivity index (χ0n) is 17.2. The van der Waals surface area contributed by atoms with E-state index in [1.807, 2.05) is 0 Å². The summed E-state index contributed by atoms with van der Waals surface area (Å²) >= 11 is 0. The third kappa shape index (κ3) is 3.47. The summed E-state index contributed by atoms with van der Waals surface area (Å²) in [7, 11) is 0. The average Bonchev–Trinajstić information content (AvgIpc) is 2.96. The minimum atomic E-state index is -0.596. The molecule has 0 radical (unpaired) electrons. The van der Waals surface area contributed by atoms with Crippen LogP contribution in [0.15, 0.2) is 35.5 Å². The fourth-order valence-corrected chi connectivity index (χ4v) is 6.20. The molecule has 0 aromatic rings. The third-order valence-corrected chi connectivity index (χ3v) is 8.12. The van der Waals surface area contributed by atoms with Crippen LogP contribution in [0.1, 0.15) is 79.1 Å². The highest BCUT2D eigenvalue weighted by atomic mass is 16.3. The standard InChI is InChI=1S/C24H38O2/c1-6-23(3,4)22-12-11-19-18(8-7-13-24(19,22)5)10-9-17-14-20(25)16(2)21(26)15-17/h9-10,19-22,25-26H,2,6-8,11-15H2,1,3-5H3/b18-10+/t19-,20+,21+,22+,24-/m0/s1. The number of aliphatic hydroxyl groups is 2. The van der Waals surface area contributed by atoms with E-state index in [4.69, 9.17) is 0 Å². The Kier molecular flexibility index (Phi) is 5.57. The zero-order chi connectivity index (χ0) is 19.1. The first kappa shape index (κ1) is 19.9. The van der Waals surface area contributed by atoms with Gasteiger partial charge in [0.15, 0.2) is 0 Å². The van der Waals surface area contributed by atoms with Crippen molar-refractivity contribution < 1.29 is 10.2 Å². The monoisotopic (exact) mass is 358 g/mol. The maximum Gasteiger partial charge on any atom is 0.0809 e. The van der Waals surface area contributed by atoms with Gasteiger partial charge >= 0.3 is 0 Å². The topological polar surface area (TPSA) is 40.5 Å². The van der Waals surface area contributed by atoms with Crippen LogP contribution in [0.4, 0.5) is 0 Å². The molecule has 0 aromatic carbocycles. The number of allylic oxidation sites excluding steroid dienone is 3. The molecule has 2 nitrogen and oxygen atoms in total. The van der Waals surface area contributed by atoms with Crippen LogP contribution >= 0.6 is 0 Å². The second-order valence-electron chi connectivity index (χ2n) is 9.97. The van der Waals surface area contributed by atoms with Crippen molar-refractivity contribution in [2.45, 2.75) is 91.3 Å². The van der Waals surface area contributed by atoms with Crippen molar-refractivity contribution in [3.8, 4) is 0 Å². The second kappa shape index (κ2) is 7.28. The van der Waals surface area contributed by atoms with E-state index in [0.717, 1.165) is 11.5 Å². The van der Waals surface area contributed by atoms with Crippen LogP contribution in [0.5, 0.6) is 0 Å². The molecule has 0 heterocycles.